The molecule has 4 heteroatoms. The van der Waals surface area contributed by atoms with Crippen molar-refractivity contribution in [3.05, 3.63) is 29.8 Å². The smallest absolute Gasteiger partial charge is 0.328 e. The van der Waals surface area contributed by atoms with Crippen LogP contribution in [0, 0.1) is 0 Å². The van der Waals surface area contributed by atoms with Gasteiger partial charge in [0.15, 0.2) is 0 Å². The van der Waals surface area contributed by atoms with Gasteiger partial charge in [0.05, 0.1) is 19.8 Å². The molecule has 0 fully saturated rings. The molecule has 0 aromatic heterocycles. The summed E-state index contributed by atoms with van der Waals surface area (Å²) in [6.45, 7) is 8.45. The number of allylic oxidation sites excluding steroid dienone is 1. The van der Waals surface area contributed by atoms with E-state index in [2.05, 4.69) is 44.7 Å². The highest BCUT2D eigenvalue weighted by atomic mass is 16.5. The molecule has 126 valence electrons. The molecule has 0 spiro atoms. The average molecular weight is 317 g/mol. The summed E-state index contributed by atoms with van der Waals surface area (Å²) in [5.41, 5.74) is 3.09. The Labute approximate surface area is 139 Å². The number of anilines is 1. The molecule has 1 aliphatic rings. The lowest BCUT2D eigenvalue weighted by molar-refractivity contribution is -0.142. The summed E-state index contributed by atoms with van der Waals surface area (Å²) >= 11 is 0. The predicted molar refractivity (Wildman–Crippen MR) is 93.9 cm³/mol. The molecular weight excluding hydrogens is 290 g/mol. The highest BCUT2D eigenvalue weighted by molar-refractivity contribution is 5.88. The third-order valence-corrected chi connectivity index (χ3v) is 4.43. The van der Waals surface area contributed by atoms with Crippen LogP contribution in [0.5, 0.6) is 5.75 Å². The molecule has 1 aromatic carbocycles. The summed E-state index contributed by atoms with van der Waals surface area (Å²) in [5, 5.41) is 0. The monoisotopic (exact) mass is 317 g/mol. The molecule has 0 saturated carbocycles. The largest absolute Gasteiger partial charge is 0.497 e. The number of ether oxygens (including phenoxy) is 2. The van der Waals surface area contributed by atoms with E-state index in [1.54, 1.807) is 7.11 Å². The molecule has 4 nitrogen and oxygen atoms in total. The number of methoxy groups -OCH3 is 2. The third-order valence-electron chi connectivity index (χ3n) is 4.43. The Kier molecular flexibility index (Phi) is 5.03. The van der Waals surface area contributed by atoms with Gasteiger partial charge in [-0.1, -0.05) is 19.4 Å². The summed E-state index contributed by atoms with van der Waals surface area (Å²) in [7, 11) is 3.11. The van der Waals surface area contributed by atoms with Crippen molar-refractivity contribution in [3.63, 3.8) is 0 Å². The maximum absolute atomic E-state index is 12.4. The first-order valence-electron chi connectivity index (χ1n) is 8.10. The van der Waals surface area contributed by atoms with Crippen LogP contribution in [0.1, 0.15) is 46.1 Å². The van der Waals surface area contributed by atoms with Crippen LogP contribution in [0.25, 0.3) is 5.57 Å². The molecule has 1 atom stereocenters. The van der Waals surface area contributed by atoms with Crippen molar-refractivity contribution < 1.29 is 14.3 Å². The second-order valence-corrected chi connectivity index (χ2v) is 6.56. The van der Waals surface area contributed by atoms with E-state index in [9.17, 15) is 4.79 Å². The van der Waals surface area contributed by atoms with E-state index in [0.717, 1.165) is 29.8 Å². The van der Waals surface area contributed by atoms with Gasteiger partial charge >= 0.3 is 5.97 Å². The van der Waals surface area contributed by atoms with Crippen LogP contribution in [-0.2, 0) is 9.53 Å². The second-order valence-electron chi connectivity index (χ2n) is 6.56. The van der Waals surface area contributed by atoms with Gasteiger partial charge in [-0.2, -0.15) is 0 Å². The Morgan fingerprint density at radius 3 is 2.57 bits per heavy atom. The molecule has 2 rings (SSSR count). The van der Waals surface area contributed by atoms with Crippen LogP contribution in [0.3, 0.4) is 0 Å². The molecule has 0 saturated heterocycles. The fourth-order valence-electron chi connectivity index (χ4n) is 3.49. The molecule has 1 heterocycles. The number of carbonyl (C=O) groups excluding carboxylic acids is 1. The number of esters is 1. The van der Waals surface area contributed by atoms with Gasteiger partial charge in [-0.05, 0) is 44.9 Å². The SMILES string of the molecule is CCC[C@@H](C(=O)OC)N1c2cc(OC)ccc2C(C)=CC1(C)C. The van der Waals surface area contributed by atoms with Crippen molar-refractivity contribution in [2.24, 2.45) is 0 Å². The number of nitrogens with zero attached hydrogens (tertiary/aromatic N) is 1. The summed E-state index contributed by atoms with van der Waals surface area (Å²) in [6, 6.07) is 5.72. The van der Waals surface area contributed by atoms with Crippen molar-refractivity contribution in [2.75, 3.05) is 19.1 Å². The van der Waals surface area contributed by atoms with E-state index in [4.69, 9.17) is 9.47 Å². The van der Waals surface area contributed by atoms with Crippen LogP contribution < -0.4 is 9.64 Å². The van der Waals surface area contributed by atoms with Crippen molar-refractivity contribution in [1.29, 1.82) is 0 Å². The molecule has 1 aromatic rings. The van der Waals surface area contributed by atoms with Crippen LogP contribution >= 0.6 is 0 Å². The molecule has 1 aliphatic heterocycles. The van der Waals surface area contributed by atoms with Gasteiger partial charge in [0.1, 0.15) is 11.8 Å². The normalized spacial score (nSPS) is 17.1. The van der Waals surface area contributed by atoms with Gasteiger partial charge in [-0.3, -0.25) is 0 Å². The van der Waals surface area contributed by atoms with E-state index >= 15 is 0 Å². The number of fused-ring (bicyclic) bond motifs is 1. The first-order chi connectivity index (χ1) is 10.9. The standard InChI is InChI=1S/C19H27NO3/c1-7-8-16(18(21)23-6)20-17-11-14(22-5)9-10-15(17)13(2)12-19(20,3)4/h9-12,16H,7-8H2,1-6H3/t16-/m0/s1. The number of rotatable bonds is 5. The molecular formula is C19H27NO3. The Balaban J connectivity index is 2.62. The Morgan fingerprint density at radius 1 is 1.30 bits per heavy atom. The molecule has 0 bridgehead atoms. The van der Waals surface area contributed by atoms with Crippen molar-refractivity contribution in [1.82, 2.24) is 0 Å². The topological polar surface area (TPSA) is 38.8 Å². The van der Waals surface area contributed by atoms with Crippen LogP contribution in [0.15, 0.2) is 24.3 Å². The Bertz CT molecular complexity index is 619. The minimum atomic E-state index is -0.310. The molecule has 0 aliphatic carbocycles. The first kappa shape index (κ1) is 17.4. The highest BCUT2D eigenvalue weighted by Gasteiger charge is 2.39. The highest BCUT2D eigenvalue weighted by Crippen LogP contribution is 2.42. The lowest BCUT2D eigenvalue weighted by Crippen LogP contribution is -2.54. The van der Waals surface area contributed by atoms with Gasteiger partial charge in [-0.15, -0.1) is 0 Å². The number of hydrogen-bond acceptors (Lipinski definition) is 4. The zero-order valence-electron chi connectivity index (χ0n) is 15.0. The van der Waals surface area contributed by atoms with E-state index in [0.29, 0.717) is 0 Å². The minimum Gasteiger partial charge on any atom is -0.497 e. The van der Waals surface area contributed by atoms with E-state index in [1.807, 2.05) is 12.1 Å². The van der Waals surface area contributed by atoms with Crippen molar-refractivity contribution >= 4 is 17.2 Å². The molecule has 0 N–H and O–H groups in total. The van der Waals surface area contributed by atoms with Gasteiger partial charge in [0.25, 0.3) is 0 Å². The predicted octanol–water partition coefficient (Wildman–Crippen LogP) is 4.04. The third kappa shape index (κ3) is 3.21. The first-order valence-corrected chi connectivity index (χ1v) is 8.10. The molecule has 0 unspecified atom stereocenters. The quantitative estimate of drug-likeness (QED) is 0.768. The zero-order valence-corrected chi connectivity index (χ0v) is 15.0. The minimum absolute atomic E-state index is 0.193. The molecule has 0 amide bonds. The fourth-order valence-corrected chi connectivity index (χ4v) is 3.49. The number of benzene rings is 1. The van der Waals surface area contributed by atoms with E-state index in [1.165, 1.54) is 12.7 Å². The maximum atomic E-state index is 12.4. The fraction of sp³-hybridized carbons (Fsp3) is 0.526. The maximum Gasteiger partial charge on any atom is 0.328 e. The Morgan fingerprint density at radius 2 is 2.00 bits per heavy atom. The number of hydrogen-bond donors (Lipinski definition) is 0. The summed E-state index contributed by atoms with van der Waals surface area (Å²) < 4.78 is 10.5. The van der Waals surface area contributed by atoms with Gasteiger partial charge in [-0.25, -0.2) is 4.79 Å². The van der Waals surface area contributed by atoms with Crippen molar-refractivity contribution in [3.8, 4) is 5.75 Å². The van der Waals surface area contributed by atoms with Crippen LogP contribution in [0.2, 0.25) is 0 Å². The van der Waals surface area contributed by atoms with Gasteiger partial charge in [0.2, 0.25) is 0 Å². The van der Waals surface area contributed by atoms with E-state index in [-0.39, 0.29) is 17.6 Å². The Hall–Kier alpha value is -1.97. The summed E-state index contributed by atoms with van der Waals surface area (Å²) in [6.07, 6.45) is 3.88. The molecule has 23 heavy (non-hydrogen) atoms. The average Bonchev–Trinajstić information content (AvgIpc) is 2.51. The van der Waals surface area contributed by atoms with Crippen molar-refractivity contribution in [2.45, 2.75) is 52.1 Å². The van der Waals surface area contributed by atoms with Crippen LogP contribution in [-0.4, -0.2) is 31.8 Å². The second kappa shape index (κ2) is 6.65. The zero-order chi connectivity index (χ0) is 17.2. The van der Waals surface area contributed by atoms with E-state index < -0.39 is 0 Å². The summed E-state index contributed by atoms with van der Waals surface area (Å²) in [5.74, 6) is 0.598. The lowest BCUT2D eigenvalue weighted by atomic mass is 9.86. The van der Waals surface area contributed by atoms with Crippen LogP contribution in [0.4, 0.5) is 5.69 Å². The van der Waals surface area contributed by atoms with Gasteiger partial charge in [0, 0.05) is 17.3 Å². The van der Waals surface area contributed by atoms with Gasteiger partial charge < -0.3 is 14.4 Å². The summed E-state index contributed by atoms with van der Waals surface area (Å²) in [4.78, 5) is 14.6. The lowest BCUT2D eigenvalue weighted by Gasteiger charge is -2.46. The number of carbonyl (C=O) groups is 1. The molecule has 0 radical (unpaired) electrons.